The lowest BCUT2D eigenvalue weighted by Gasteiger charge is -2.08. The molecule has 4 nitrogen and oxygen atoms in total. The molecular formula is C18H14O4. The van der Waals surface area contributed by atoms with E-state index >= 15 is 0 Å². The minimum atomic E-state index is -1.07. The molecule has 110 valence electrons. The summed E-state index contributed by atoms with van der Waals surface area (Å²) in [6.07, 6.45) is 1.23. The number of aliphatic carboxylic acids is 1. The lowest BCUT2D eigenvalue weighted by atomic mass is 9.94. The van der Waals surface area contributed by atoms with Crippen molar-refractivity contribution >= 4 is 23.6 Å². The van der Waals surface area contributed by atoms with E-state index in [2.05, 4.69) is 6.58 Å². The van der Waals surface area contributed by atoms with Gasteiger partial charge >= 0.3 is 5.97 Å². The summed E-state index contributed by atoms with van der Waals surface area (Å²) in [6, 6.07) is 12.8. The average Bonchev–Trinajstić information content (AvgIpc) is 2.53. The zero-order valence-corrected chi connectivity index (χ0v) is 11.8. The normalized spacial score (nSPS) is 10.0. The molecule has 0 saturated heterocycles. The van der Waals surface area contributed by atoms with Crippen molar-refractivity contribution in [3.05, 3.63) is 77.4 Å². The van der Waals surface area contributed by atoms with Gasteiger partial charge in [0.1, 0.15) is 0 Å². The van der Waals surface area contributed by atoms with Gasteiger partial charge in [0.05, 0.1) is 6.42 Å². The third kappa shape index (κ3) is 3.35. The molecule has 0 bridgehead atoms. The molecule has 1 N–H and O–H groups in total. The molecule has 0 spiro atoms. The lowest BCUT2D eigenvalue weighted by Crippen LogP contribution is -2.17. The molecule has 0 aliphatic heterocycles. The smallest absolute Gasteiger partial charge is 0.307 e. The maximum atomic E-state index is 12.4. The Morgan fingerprint density at radius 3 is 2.27 bits per heavy atom. The summed E-state index contributed by atoms with van der Waals surface area (Å²) >= 11 is 0. The van der Waals surface area contributed by atoms with Crippen molar-refractivity contribution in [1.82, 2.24) is 0 Å². The fourth-order valence-corrected chi connectivity index (χ4v) is 2.11. The first-order chi connectivity index (χ1) is 10.5. The molecule has 22 heavy (non-hydrogen) atoms. The third-order valence-electron chi connectivity index (χ3n) is 3.19. The first-order valence-electron chi connectivity index (χ1n) is 6.64. The molecule has 0 saturated carbocycles. The molecule has 0 unspecified atom stereocenters. The second-order valence-corrected chi connectivity index (χ2v) is 4.72. The fraction of sp³-hybridized carbons (Fsp3) is 0.0556. The van der Waals surface area contributed by atoms with Gasteiger partial charge in [-0.2, -0.15) is 0 Å². The minimum Gasteiger partial charge on any atom is -0.481 e. The highest BCUT2D eigenvalue weighted by Gasteiger charge is 2.21. The van der Waals surface area contributed by atoms with Crippen LogP contribution in [0.5, 0.6) is 0 Å². The predicted octanol–water partition coefficient (Wildman–Crippen LogP) is 3.02. The Morgan fingerprint density at radius 1 is 1.00 bits per heavy atom. The Kier molecular flexibility index (Phi) is 4.63. The number of Topliss-reactive ketones (excluding diaryl/α,β-unsaturated/α-hetero) is 2. The quantitative estimate of drug-likeness (QED) is 0.656. The van der Waals surface area contributed by atoms with Crippen LogP contribution in [0.3, 0.4) is 0 Å². The van der Waals surface area contributed by atoms with E-state index in [9.17, 15) is 14.4 Å². The van der Waals surface area contributed by atoms with E-state index in [0.717, 1.165) is 0 Å². The second-order valence-electron chi connectivity index (χ2n) is 4.72. The van der Waals surface area contributed by atoms with Crippen LogP contribution < -0.4 is 0 Å². The van der Waals surface area contributed by atoms with Crippen LogP contribution in [-0.4, -0.2) is 22.6 Å². The van der Waals surface area contributed by atoms with Crippen molar-refractivity contribution < 1.29 is 19.5 Å². The van der Waals surface area contributed by atoms with E-state index < -0.39 is 17.5 Å². The van der Waals surface area contributed by atoms with Crippen LogP contribution in [0.15, 0.2) is 55.1 Å². The first-order valence-corrected chi connectivity index (χ1v) is 6.64. The van der Waals surface area contributed by atoms with Gasteiger partial charge in [-0.05, 0) is 11.1 Å². The summed E-state index contributed by atoms with van der Waals surface area (Å²) in [5, 5.41) is 8.97. The lowest BCUT2D eigenvalue weighted by molar-refractivity contribution is -0.136. The van der Waals surface area contributed by atoms with Crippen LogP contribution in [-0.2, 0) is 11.2 Å². The largest absolute Gasteiger partial charge is 0.481 e. The maximum absolute atomic E-state index is 12.4. The van der Waals surface area contributed by atoms with Crippen molar-refractivity contribution in [2.24, 2.45) is 0 Å². The number of benzene rings is 2. The molecule has 0 aliphatic rings. The van der Waals surface area contributed by atoms with Crippen molar-refractivity contribution in [2.45, 2.75) is 6.42 Å². The zero-order valence-electron chi connectivity index (χ0n) is 11.8. The topological polar surface area (TPSA) is 71.4 Å². The fourth-order valence-electron chi connectivity index (χ4n) is 2.11. The Labute approximate surface area is 127 Å². The summed E-state index contributed by atoms with van der Waals surface area (Å²) in [4.78, 5) is 35.6. The molecule has 0 aromatic heterocycles. The van der Waals surface area contributed by atoms with Crippen molar-refractivity contribution in [3.8, 4) is 0 Å². The van der Waals surface area contributed by atoms with E-state index in [-0.39, 0.29) is 17.5 Å². The summed E-state index contributed by atoms with van der Waals surface area (Å²) < 4.78 is 0. The van der Waals surface area contributed by atoms with Crippen LogP contribution in [0, 0.1) is 0 Å². The molecule has 0 amide bonds. The van der Waals surface area contributed by atoms with E-state index in [1.54, 1.807) is 48.5 Å². The Balaban J connectivity index is 2.42. The molecule has 0 atom stereocenters. The van der Waals surface area contributed by atoms with Crippen LogP contribution in [0.4, 0.5) is 0 Å². The van der Waals surface area contributed by atoms with Gasteiger partial charge in [0.15, 0.2) is 0 Å². The molecule has 2 aromatic rings. The average molecular weight is 294 g/mol. The number of rotatable bonds is 6. The number of ketones is 2. The van der Waals surface area contributed by atoms with Gasteiger partial charge in [-0.3, -0.25) is 14.4 Å². The van der Waals surface area contributed by atoms with Crippen LogP contribution >= 0.6 is 0 Å². The minimum absolute atomic E-state index is 0.113. The van der Waals surface area contributed by atoms with E-state index in [1.165, 1.54) is 6.07 Å². The number of hydrogen-bond donors (Lipinski definition) is 1. The van der Waals surface area contributed by atoms with E-state index in [0.29, 0.717) is 11.1 Å². The Hall–Kier alpha value is -3.01. The second kappa shape index (κ2) is 6.63. The number of carbonyl (C=O) groups excluding carboxylic acids is 2. The summed E-state index contributed by atoms with van der Waals surface area (Å²) in [6.45, 7) is 3.61. The monoisotopic (exact) mass is 294 g/mol. The molecule has 0 fully saturated rings. The summed E-state index contributed by atoms with van der Waals surface area (Å²) in [7, 11) is 0. The van der Waals surface area contributed by atoms with Gasteiger partial charge < -0.3 is 5.11 Å². The maximum Gasteiger partial charge on any atom is 0.307 e. The van der Waals surface area contributed by atoms with Gasteiger partial charge in [-0.25, -0.2) is 0 Å². The molecule has 0 heterocycles. The highest BCUT2D eigenvalue weighted by Crippen LogP contribution is 2.17. The van der Waals surface area contributed by atoms with Gasteiger partial charge in [0.25, 0.3) is 0 Å². The molecule has 4 heteroatoms. The van der Waals surface area contributed by atoms with Crippen LogP contribution in [0.25, 0.3) is 6.08 Å². The number of carboxylic acids is 1. The highest BCUT2D eigenvalue weighted by molar-refractivity contribution is 6.49. The van der Waals surface area contributed by atoms with Gasteiger partial charge in [0, 0.05) is 11.1 Å². The van der Waals surface area contributed by atoms with Gasteiger partial charge in [-0.1, -0.05) is 61.2 Å². The predicted molar refractivity (Wildman–Crippen MR) is 83.0 cm³/mol. The number of carbonyl (C=O) groups is 3. The van der Waals surface area contributed by atoms with Gasteiger partial charge in [0.2, 0.25) is 11.6 Å². The third-order valence-corrected chi connectivity index (χ3v) is 3.19. The standard InChI is InChI=1S/C18H14O4/c1-2-12-8-9-15(14(10-12)11-16(19)20)18(22)17(21)13-6-4-3-5-7-13/h2-10H,1,11H2,(H,19,20). The van der Waals surface area contributed by atoms with Crippen molar-refractivity contribution in [2.75, 3.05) is 0 Å². The van der Waals surface area contributed by atoms with Crippen LogP contribution in [0.2, 0.25) is 0 Å². The molecule has 0 radical (unpaired) electrons. The first kappa shape index (κ1) is 15.4. The van der Waals surface area contributed by atoms with Crippen molar-refractivity contribution in [3.63, 3.8) is 0 Å². The molecule has 2 aromatic carbocycles. The molecular weight excluding hydrogens is 280 g/mol. The van der Waals surface area contributed by atoms with Crippen molar-refractivity contribution in [1.29, 1.82) is 0 Å². The highest BCUT2D eigenvalue weighted by atomic mass is 16.4. The summed E-state index contributed by atoms with van der Waals surface area (Å²) in [5.41, 5.74) is 1.39. The SMILES string of the molecule is C=Cc1ccc(C(=O)C(=O)c2ccccc2)c(CC(=O)O)c1. The Bertz CT molecular complexity index is 745. The Morgan fingerprint density at radius 2 is 1.68 bits per heavy atom. The van der Waals surface area contributed by atoms with E-state index in [1.807, 2.05) is 0 Å². The van der Waals surface area contributed by atoms with Crippen LogP contribution in [0.1, 0.15) is 31.8 Å². The van der Waals surface area contributed by atoms with E-state index in [4.69, 9.17) is 5.11 Å². The zero-order chi connectivity index (χ0) is 16.1. The summed E-state index contributed by atoms with van der Waals surface area (Å²) in [5.74, 6) is -2.43. The number of carboxylic acid groups (broad SMARTS) is 1. The molecule has 2 rings (SSSR count). The number of hydrogen-bond acceptors (Lipinski definition) is 3. The molecule has 0 aliphatic carbocycles. The van der Waals surface area contributed by atoms with Gasteiger partial charge in [-0.15, -0.1) is 0 Å².